The Kier molecular flexibility index (Phi) is 5.79. The van der Waals surface area contributed by atoms with Crippen LogP contribution in [0.1, 0.15) is 37.7 Å². The second-order valence-electron chi connectivity index (χ2n) is 6.85. The Balaban J connectivity index is 1.88. The van der Waals surface area contributed by atoms with Gasteiger partial charge in [0, 0.05) is 12.6 Å². The van der Waals surface area contributed by atoms with Gasteiger partial charge in [-0.3, -0.25) is 14.5 Å². The molecule has 2 aliphatic heterocycles. The van der Waals surface area contributed by atoms with Crippen molar-refractivity contribution in [3.8, 4) is 0 Å². The number of benzene rings is 1. The van der Waals surface area contributed by atoms with Crippen molar-refractivity contribution in [1.29, 1.82) is 0 Å². The molecule has 2 fully saturated rings. The zero-order chi connectivity index (χ0) is 19.8. The molecule has 5 nitrogen and oxygen atoms in total. The first kappa shape index (κ1) is 20.1. The molecule has 27 heavy (non-hydrogen) atoms. The predicted molar refractivity (Wildman–Crippen MR) is 93.4 cm³/mol. The normalized spacial score (nSPS) is 24.7. The van der Waals surface area contributed by atoms with Crippen molar-refractivity contribution in [2.75, 3.05) is 18.1 Å². The highest BCUT2D eigenvalue weighted by Gasteiger charge is 2.45. The van der Waals surface area contributed by atoms with Gasteiger partial charge in [-0.2, -0.15) is 13.2 Å². The van der Waals surface area contributed by atoms with Crippen molar-refractivity contribution in [3.05, 3.63) is 28.8 Å². The number of aliphatic hydroxyl groups is 1. The summed E-state index contributed by atoms with van der Waals surface area (Å²) in [4.78, 5) is 28.1. The molecule has 0 radical (unpaired) electrons. The van der Waals surface area contributed by atoms with Gasteiger partial charge in [0.15, 0.2) is 0 Å². The molecule has 1 aromatic rings. The number of carbonyl (C=O) groups is 2. The van der Waals surface area contributed by atoms with Crippen LogP contribution >= 0.6 is 11.6 Å². The maximum absolute atomic E-state index is 13.1. The van der Waals surface area contributed by atoms with Crippen LogP contribution in [0.4, 0.5) is 18.9 Å². The summed E-state index contributed by atoms with van der Waals surface area (Å²) in [6.07, 6.45) is -1.60. The fourth-order valence-corrected chi connectivity index (χ4v) is 4.13. The number of hydrogen-bond donors (Lipinski definition) is 1. The third-order valence-electron chi connectivity index (χ3n) is 5.17. The first-order chi connectivity index (χ1) is 12.7. The quantitative estimate of drug-likeness (QED) is 0.783. The second kappa shape index (κ2) is 7.77. The Hall–Kier alpha value is -1.64. The second-order valence-corrected chi connectivity index (χ2v) is 7.26. The maximum atomic E-state index is 13.1. The number of alkyl halides is 3. The summed E-state index contributed by atoms with van der Waals surface area (Å²) in [5.74, 6) is -1.06. The summed E-state index contributed by atoms with van der Waals surface area (Å²) < 4.78 is 39.3. The van der Waals surface area contributed by atoms with E-state index < -0.39 is 34.6 Å². The van der Waals surface area contributed by atoms with Crippen molar-refractivity contribution in [2.45, 2.75) is 50.4 Å². The van der Waals surface area contributed by atoms with Crippen molar-refractivity contribution in [2.24, 2.45) is 0 Å². The number of halogens is 4. The number of amides is 2. The molecule has 0 aromatic heterocycles. The van der Waals surface area contributed by atoms with Gasteiger partial charge in [0.2, 0.25) is 5.91 Å². The number of nitrogens with zero attached hydrogens (tertiary/aromatic N) is 2. The van der Waals surface area contributed by atoms with Gasteiger partial charge in [0.1, 0.15) is 0 Å². The molecule has 2 heterocycles. The topological polar surface area (TPSA) is 60.9 Å². The van der Waals surface area contributed by atoms with E-state index in [1.54, 1.807) is 0 Å². The van der Waals surface area contributed by atoms with Crippen molar-refractivity contribution in [3.63, 3.8) is 0 Å². The molecular formula is C18H20ClF3N2O3. The Morgan fingerprint density at radius 2 is 1.96 bits per heavy atom. The predicted octanol–water partition coefficient (Wildman–Crippen LogP) is 3.23. The zero-order valence-electron chi connectivity index (χ0n) is 14.5. The number of imide groups is 1. The van der Waals surface area contributed by atoms with Gasteiger partial charge in [-0.05, 0) is 44.0 Å². The van der Waals surface area contributed by atoms with Crippen LogP contribution in [0.25, 0.3) is 0 Å². The Bertz CT molecular complexity index is 739. The lowest BCUT2D eigenvalue weighted by molar-refractivity contribution is -0.137. The van der Waals surface area contributed by atoms with Crippen LogP contribution in [0.2, 0.25) is 5.02 Å². The molecule has 2 saturated heterocycles. The van der Waals surface area contributed by atoms with Gasteiger partial charge in [0.05, 0.1) is 28.7 Å². The number of aliphatic hydroxyl groups excluding tert-OH is 1. The third-order valence-corrected chi connectivity index (χ3v) is 5.50. The average Bonchev–Trinajstić information content (AvgIpc) is 2.90. The summed E-state index contributed by atoms with van der Waals surface area (Å²) in [5, 5.41) is 8.77. The number of rotatable bonds is 4. The summed E-state index contributed by atoms with van der Waals surface area (Å²) in [5.41, 5.74) is -1.21. The van der Waals surface area contributed by atoms with E-state index in [-0.39, 0.29) is 24.8 Å². The van der Waals surface area contributed by atoms with Crippen LogP contribution in [-0.4, -0.2) is 47.1 Å². The summed E-state index contributed by atoms with van der Waals surface area (Å²) in [7, 11) is 0. The van der Waals surface area contributed by atoms with Crippen LogP contribution in [0.15, 0.2) is 18.2 Å². The standard InChI is InChI=1S/C18H20ClF3N2O3/c19-14-5-4-12(9-13(14)18(20,21)22)24-16(26)10-15(17(24)27)23-7-2-1-3-11(23)6-8-25/h4-5,9,11,15,25H,1-3,6-8,10H2/t11-,15+/m1/s1. The van der Waals surface area contributed by atoms with Crippen LogP contribution in [0.5, 0.6) is 0 Å². The molecule has 3 rings (SSSR count). The molecular weight excluding hydrogens is 385 g/mol. The van der Waals surface area contributed by atoms with E-state index in [4.69, 9.17) is 11.6 Å². The minimum absolute atomic E-state index is 0.0126. The molecule has 0 aliphatic carbocycles. The van der Waals surface area contributed by atoms with E-state index in [9.17, 15) is 27.9 Å². The van der Waals surface area contributed by atoms with Gasteiger partial charge in [-0.25, -0.2) is 4.90 Å². The van der Waals surface area contributed by atoms with Gasteiger partial charge in [0.25, 0.3) is 5.91 Å². The lowest BCUT2D eigenvalue weighted by Gasteiger charge is -2.38. The third kappa shape index (κ3) is 3.97. The maximum Gasteiger partial charge on any atom is 0.417 e. The summed E-state index contributed by atoms with van der Waals surface area (Å²) >= 11 is 5.62. The van der Waals surface area contributed by atoms with E-state index in [1.165, 1.54) is 6.07 Å². The van der Waals surface area contributed by atoms with E-state index in [1.807, 2.05) is 4.90 Å². The van der Waals surface area contributed by atoms with Crippen molar-refractivity contribution < 1.29 is 27.9 Å². The van der Waals surface area contributed by atoms with E-state index in [0.29, 0.717) is 13.0 Å². The van der Waals surface area contributed by atoms with Gasteiger partial charge in [-0.15, -0.1) is 0 Å². The molecule has 2 atom stereocenters. The number of piperidine rings is 1. The van der Waals surface area contributed by atoms with E-state index >= 15 is 0 Å². The minimum atomic E-state index is -4.68. The van der Waals surface area contributed by atoms with Gasteiger partial charge in [-0.1, -0.05) is 18.0 Å². The molecule has 1 aromatic carbocycles. The molecule has 1 N–H and O–H groups in total. The number of likely N-dealkylation sites (tertiary alicyclic amines) is 1. The highest BCUT2D eigenvalue weighted by molar-refractivity contribution is 6.31. The summed E-state index contributed by atoms with van der Waals surface area (Å²) in [6.45, 7) is 0.600. The highest BCUT2D eigenvalue weighted by Crippen LogP contribution is 2.38. The molecule has 0 unspecified atom stereocenters. The van der Waals surface area contributed by atoms with Crippen LogP contribution < -0.4 is 4.90 Å². The molecule has 9 heteroatoms. The molecule has 0 bridgehead atoms. The Morgan fingerprint density at radius 3 is 2.63 bits per heavy atom. The van der Waals surface area contributed by atoms with Gasteiger partial charge < -0.3 is 5.11 Å². The zero-order valence-corrected chi connectivity index (χ0v) is 15.3. The minimum Gasteiger partial charge on any atom is -0.396 e. The molecule has 2 amide bonds. The summed E-state index contributed by atoms with van der Waals surface area (Å²) in [6, 6.07) is 2.31. The Morgan fingerprint density at radius 1 is 1.22 bits per heavy atom. The SMILES string of the molecule is O=C1C[C@H](N2CCCC[C@@H]2CCO)C(=O)N1c1ccc(Cl)c(C(F)(F)F)c1. The average molecular weight is 405 g/mol. The number of anilines is 1. The van der Waals surface area contributed by atoms with Gasteiger partial charge >= 0.3 is 6.18 Å². The lowest BCUT2D eigenvalue weighted by atomic mass is 9.97. The first-order valence-electron chi connectivity index (χ1n) is 8.84. The first-order valence-corrected chi connectivity index (χ1v) is 9.22. The van der Waals surface area contributed by atoms with E-state index in [2.05, 4.69) is 0 Å². The number of hydrogen-bond acceptors (Lipinski definition) is 4. The fourth-order valence-electron chi connectivity index (χ4n) is 3.91. The fraction of sp³-hybridized carbons (Fsp3) is 0.556. The van der Waals surface area contributed by atoms with Crippen LogP contribution in [-0.2, 0) is 15.8 Å². The number of carbonyl (C=O) groups excluding carboxylic acids is 2. The Labute approximate surface area is 159 Å². The van der Waals surface area contributed by atoms with Crippen molar-refractivity contribution in [1.82, 2.24) is 4.90 Å². The molecule has 2 aliphatic rings. The largest absolute Gasteiger partial charge is 0.417 e. The van der Waals surface area contributed by atoms with Crippen molar-refractivity contribution >= 4 is 29.1 Å². The smallest absolute Gasteiger partial charge is 0.396 e. The molecule has 0 spiro atoms. The lowest BCUT2D eigenvalue weighted by Crippen LogP contribution is -2.50. The van der Waals surface area contributed by atoms with Crippen LogP contribution in [0.3, 0.4) is 0 Å². The monoisotopic (exact) mass is 404 g/mol. The van der Waals surface area contributed by atoms with E-state index in [0.717, 1.165) is 36.3 Å². The highest BCUT2D eigenvalue weighted by atomic mass is 35.5. The van der Waals surface area contributed by atoms with Crippen LogP contribution in [0, 0.1) is 0 Å². The molecule has 148 valence electrons. The molecule has 0 saturated carbocycles.